The number of hydrogen-bond acceptors (Lipinski definition) is 2. The molecule has 0 saturated carbocycles. The lowest BCUT2D eigenvalue weighted by molar-refractivity contribution is 0.397. The molecule has 94 valence electrons. The van der Waals surface area contributed by atoms with Gasteiger partial charge in [0.15, 0.2) is 10.4 Å². The van der Waals surface area contributed by atoms with Crippen LogP contribution in [0.4, 0.5) is 0 Å². The average molecular weight is 252 g/mol. The first kappa shape index (κ1) is 12.4. The summed E-state index contributed by atoms with van der Waals surface area (Å²) in [6.45, 7) is 8.63. The summed E-state index contributed by atoms with van der Waals surface area (Å²) in [6, 6.07) is 0. The summed E-state index contributed by atoms with van der Waals surface area (Å²) < 4.78 is 4.85. The largest absolute Gasteiger partial charge is 0.328 e. The number of nitrogens with zero attached hydrogens (tertiary/aromatic N) is 3. The van der Waals surface area contributed by atoms with E-state index in [-0.39, 0.29) is 5.54 Å². The van der Waals surface area contributed by atoms with Crippen LogP contribution in [-0.4, -0.2) is 19.3 Å². The van der Waals surface area contributed by atoms with Crippen molar-refractivity contribution < 1.29 is 0 Å². The molecule has 2 aromatic rings. The maximum absolute atomic E-state index is 5.42. The van der Waals surface area contributed by atoms with Crippen molar-refractivity contribution in [3.05, 3.63) is 10.5 Å². The van der Waals surface area contributed by atoms with Gasteiger partial charge in [-0.05, 0) is 39.4 Å². The molecular formula is C12H20N4S. The maximum atomic E-state index is 5.42. The molecule has 0 spiro atoms. The topological polar surface area (TPSA) is 38.5 Å². The van der Waals surface area contributed by atoms with Crippen molar-refractivity contribution >= 4 is 23.4 Å². The second kappa shape index (κ2) is 3.98. The Kier molecular flexibility index (Phi) is 2.89. The zero-order valence-electron chi connectivity index (χ0n) is 11.2. The molecule has 0 bridgehead atoms. The van der Waals surface area contributed by atoms with Crippen LogP contribution in [0.1, 0.15) is 39.8 Å². The van der Waals surface area contributed by atoms with Crippen molar-refractivity contribution in [2.75, 3.05) is 0 Å². The molecule has 0 aliphatic rings. The minimum absolute atomic E-state index is 0.0351. The fourth-order valence-electron chi connectivity index (χ4n) is 2.25. The van der Waals surface area contributed by atoms with Gasteiger partial charge in [0.1, 0.15) is 5.52 Å². The first-order valence-electron chi connectivity index (χ1n) is 6.03. The first-order chi connectivity index (χ1) is 7.86. The second-order valence-corrected chi connectivity index (χ2v) is 5.84. The van der Waals surface area contributed by atoms with Crippen LogP contribution in [0.25, 0.3) is 11.2 Å². The average Bonchev–Trinajstić information content (AvgIpc) is 2.65. The van der Waals surface area contributed by atoms with Crippen LogP contribution in [0.5, 0.6) is 0 Å². The number of nitrogens with one attached hydrogen (secondary N) is 1. The lowest BCUT2D eigenvalue weighted by Gasteiger charge is -2.21. The van der Waals surface area contributed by atoms with Crippen LogP contribution in [-0.2, 0) is 19.0 Å². The molecule has 17 heavy (non-hydrogen) atoms. The van der Waals surface area contributed by atoms with E-state index in [1.165, 1.54) is 0 Å². The number of H-pyrrole nitrogens is 1. The standard InChI is InChI=1S/C12H20N4S/c1-6-7-8-9-10(15(5)14-8)16(11(17)13-9)12(2,3)4/h6-7H2,1-5H3,(H,13,17). The Morgan fingerprint density at radius 2 is 2.00 bits per heavy atom. The molecular weight excluding hydrogens is 232 g/mol. The van der Waals surface area contributed by atoms with Gasteiger partial charge < -0.3 is 4.98 Å². The van der Waals surface area contributed by atoms with Crippen molar-refractivity contribution in [1.82, 2.24) is 19.3 Å². The Morgan fingerprint density at radius 3 is 2.53 bits per heavy atom. The maximum Gasteiger partial charge on any atom is 0.179 e. The van der Waals surface area contributed by atoms with Gasteiger partial charge >= 0.3 is 0 Å². The van der Waals surface area contributed by atoms with Crippen molar-refractivity contribution in [2.24, 2.45) is 7.05 Å². The van der Waals surface area contributed by atoms with Gasteiger partial charge in [-0.25, -0.2) is 0 Å². The smallest absolute Gasteiger partial charge is 0.179 e. The van der Waals surface area contributed by atoms with E-state index in [2.05, 4.69) is 42.3 Å². The third kappa shape index (κ3) is 1.92. The first-order valence-corrected chi connectivity index (χ1v) is 6.44. The number of fused-ring (bicyclic) bond motifs is 1. The molecule has 2 rings (SSSR count). The minimum atomic E-state index is -0.0351. The third-order valence-electron chi connectivity index (χ3n) is 2.89. The minimum Gasteiger partial charge on any atom is -0.328 e. The molecule has 0 aromatic carbocycles. The third-order valence-corrected chi connectivity index (χ3v) is 3.18. The predicted octanol–water partition coefficient (Wildman–Crippen LogP) is 3.14. The zero-order valence-corrected chi connectivity index (χ0v) is 12.0. The summed E-state index contributed by atoms with van der Waals surface area (Å²) in [7, 11) is 1.98. The molecule has 0 fully saturated rings. The number of aromatic amines is 1. The molecule has 2 aromatic heterocycles. The highest BCUT2D eigenvalue weighted by Gasteiger charge is 2.22. The van der Waals surface area contributed by atoms with E-state index >= 15 is 0 Å². The van der Waals surface area contributed by atoms with Crippen LogP contribution in [0.15, 0.2) is 0 Å². The molecule has 4 nitrogen and oxygen atoms in total. The number of imidazole rings is 1. The van der Waals surface area contributed by atoms with Crippen molar-refractivity contribution in [3.63, 3.8) is 0 Å². The molecule has 0 unspecified atom stereocenters. The van der Waals surface area contributed by atoms with E-state index in [0.717, 1.165) is 34.5 Å². The predicted molar refractivity (Wildman–Crippen MR) is 72.9 cm³/mol. The van der Waals surface area contributed by atoms with Crippen LogP contribution >= 0.6 is 12.2 Å². The van der Waals surface area contributed by atoms with Crippen LogP contribution in [0, 0.1) is 4.77 Å². The molecule has 0 aliphatic carbocycles. The van der Waals surface area contributed by atoms with Crippen LogP contribution in [0.2, 0.25) is 0 Å². The monoisotopic (exact) mass is 252 g/mol. The summed E-state index contributed by atoms with van der Waals surface area (Å²) in [5.74, 6) is 0. The molecule has 5 heteroatoms. The summed E-state index contributed by atoms with van der Waals surface area (Å²) in [5, 5.41) is 4.57. The van der Waals surface area contributed by atoms with E-state index < -0.39 is 0 Å². The molecule has 2 heterocycles. The second-order valence-electron chi connectivity index (χ2n) is 5.46. The quantitative estimate of drug-likeness (QED) is 0.834. The molecule has 0 atom stereocenters. The molecule has 0 aliphatic heterocycles. The lowest BCUT2D eigenvalue weighted by Crippen LogP contribution is -2.23. The van der Waals surface area contributed by atoms with Gasteiger partial charge in [-0.3, -0.25) is 9.25 Å². The van der Waals surface area contributed by atoms with Crippen molar-refractivity contribution in [3.8, 4) is 0 Å². The Morgan fingerprint density at radius 1 is 1.35 bits per heavy atom. The highest BCUT2D eigenvalue weighted by atomic mass is 32.1. The number of hydrogen-bond donors (Lipinski definition) is 1. The summed E-state index contributed by atoms with van der Waals surface area (Å²) in [6.07, 6.45) is 2.07. The molecule has 0 amide bonds. The Bertz CT molecular complexity index is 594. The van der Waals surface area contributed by atoms with Gasteiger partial charge in [0.25, 0.3) is 0 Å². The number of aryl methyl sites for hydroxylation is 2. The van der Waals surface area contributed by atoms with E-state index in [9.17, 15) is 0 Å². The Balaban J connectivity index is 2.79. The van der Waals surface area contributed by atoms with Gasteiger partial charge in [0, 0.05) is 12.6 Å². The summed E-state index contributed by atoms with van der Waals surface area (Å²) in [4.78, 5) is 3.30. The van der Waals surface area contributed by atoms with E-state index in [1.54, 1.807) is 0 Å². The van der Waals surface area contributed by atoms with Gasteiger partial charge in [-0.15, -0.1) is 0 Å². The van der Waals surface area contributed by atoms with Gasteiger partial charge in [-0.2, -0.15) is 5.10 Å². The lowest BCUT2D eigenvalue weighted by atomic mass is 10.1. The summed E-state index contributed by atoms with van der Waals surface area (Å²) in [5.41, 5.74) is 3.26. The number of aromatic nitrogens is 4. The van der Waals surface area contributed by atoms with Gasteiger partial charge in [0.05, 0.1) is 5.69 Å². The highest BCUT2D eigenvalue weighted by Crippen LogP contribution is 2.25. The highest BCUT2D eigenvalue weighted by molar-refractivity contribution is 7.71. The van der Waals surface area contributed by atoms with Gasteiger partial charge in [-0.1, -0.05) is 13.3 Å². The summed E-state index contributed by atoms with van der Waals surface area (Å²) >= 11 is 5.42. The van der Waals surface area contributed by atoms with E-state index in [0.29, 0.717) is 0 Å². The fraction of sp³-hybridized carbons (Fsp3) is 0.667. The van der Waals surface area contributed by atoms with E-state index in [4.69, 9.17) is 12.2 Å². The SMILES string of the molecule is CCCc1nn(C)c2c1[nH]c(=S)n2C(C)(C)C. The fourth-order valence-corrected chi connectivity index (χ4v) is 2.71. The molecule has 1 N–H and O–H groups in total. The molecule has 0 radical (unpaired) electrons. The Labute approximate surface area is 107 Å². The van der Waals surface area contributed by atoms with Crippen LogP contribution < -0.4 is 0 Å². The Hall–Kier alpha value is -1.10. The molecule has 0 saturated heterocycles. The number of rotatable bonds is 2. The van der Waals surface area contributed by atoms with Crippen molar-refractivity contribution in [1.29, 1.82) is 0 Å². The van der Waals surface area contributed by atoms with Crippen molar-refractivity contribution in [2.45, 2.75) is 46.1 Å². The normalized spacial score (nSPS) is 12.5. The van der Waals surface area contributed by atoms with E-state index in [1.807, 2.05) is 11.7 Å². The van der Waals surface area contributed by atoms with Crippen LogP contribution in [0.3, 0.4) is 0 Å². The van der Waals surface area contributed by atoms with Gasteiger partial charge in [0.2, 0.25) is 0 Å². The zero-order chi connectivity index (χ0) is 12.8.